The van der Waals surface area contributed by atoms with E-state index in [1.54, 1.807) is 0 Å². The van der Waals surface area contributed by atoms with Crippen LogP contribution in [0.2, 0.25) is 5.15 Å². The van der Waals surface area contributed by atoms with Crippen LogP contribution in [0.1, 0.15) is 12.8 Å². The number of aromatic nitrogens is 2. The first-order valence-electron chi connectivity index (χ1n) is 4.84. The van der Waals surface area contributed by atoms with Crippen LogP contribution in [0.5, 0.6) is 0 Å². The summed E-state index contributed by atoms with van der Waals surface area (Å²) in [6.45, 7) is 0.653. The molecule has 1 heterocycles. The average molecular weight is 226 g/mol. The molecule has 0 aromatic carbocycles. The molecule has 0 saturated heterocycles. The summed E-state index contributed by atoms with van der Waals surface area (Å²) in [5, 5.41) is 0.0841. The normalized spacial score (nSPS) is 16.1. The fraction of sp³-hybridized carbons (Fsp3) is 0.400. The van der Waals surface area contributed by atoms with Crippen LogP contribution in [0.3, 0.4) is 0 Å². The third kappa shape index (κ3) is 2.04. The summed E-state index contributed by atoms with van der Waals surface area (Å²) < 4.78 is 1.53. The molecular weight excluding hydrogens is 214 g/mol. The van der Waals surface area contributed by atoms with E-state index in [4.69, 9.17) is 17.3 Å². The number of nitrogens with zero attached hydrogens (tertiary/aromatic N) is 2. The van der Waals surface area contributed by atoms with Crippen molar-refractivity contribution in [2.45, 2.75) is 19.4 Å². The van der Waals surface area contributed by atoms with Crippen LogP contribution in [0.15, 0.2) is 23.3 Å². The molecule has 2 rings (SSSR count). The highest BCUT2D eigenvalue weighted by Crippen LogP contribution is 2.19. The lowest BCUT2D eigenvalue weighted by Crippen LogP contribution is -2.26. The molecule has 1 aliphatic carbocycles. The number of halogens is 1. The van der Waals surface area contributed by atoms with Gasteiger partial charge in [-0.3, -0.25) is 9.36 Å². The van der Waals surface area contributed by atoms with Gasteiger partial charge in [0.25, 0.3) is 5.56 Å². The van der Waals surface area contributed by atoms with E-state index in [0.29, 0.717) is 12.5 Å². The summed E-state index contributed by atoms with van der Waals surface area (Å²) >= 11 is 5.64. The lowest BCUT2D eigenvalue weighted by Gasteiger charge is -2.11. The molecule has 80 valence electrons. The molecule has 4 nitrogen and oxygen atoms in total. The summed E-state index contributed by atoms with van der Waals surface area (Å²) in [5.41, 5.74) is 5.30. The second-order valence-electron chi connectivity index (χ2n) is 3.72. The Morgan fingerprint density at radius 2 is 2.20 bits per heavy atom. The molecule has 1 aliphatic rings. The number of nitrogen functional groups attached to an aromatic ring is 1. The summed E-state index contributed by atoms with van der Waals surface area (Å²) in [6.07, 6.45) is 7.73. The van der Waals surface area contributed by atoms with Gasteiger partial charge in [-0.25, -0.2) is 4.98 Å². The zero-order valence-electron chi connectivity index (χ0n) is 8.19. The van der Waals surface area contributed by atoms with Crippen molar-refractivity contribution in [2.24, 2.45) is 5.92 Å². The molecule has 15 heavy (non-hydrogen) atoms. The van der Waals surface area contributed by atoms with Crippen molar-refractivity contribution in [1.29, 1.82) is 0 Å². The predicted molar refractivity (Wildman–Crippen MR) is 59.8 cm³/mol. The smallest absolute Gasteiger partial charge is 0.278 e. The highest BCUT2D eigenvalue weighted by atomic mass is 35.5. The Morgan fingerprint density at radius 1 is 1.53 bits per heavy atom. The molecule has 0 spiro atoms. The first-order chi connectivity index (χ1) is 7.18. The highest BCUT2D eigenvalue weighted by molar-refractivity contribution is 6.31. The number of hydrogen-bond donors (Lipinski definition) is 1. The van der Waals surface area contributed by atoms with Crippen molar-refractivity contribution in [3.63, 3.8) is 0 Å². The topological polar surface area (TPSA) is 60.9 Å². The van der Waals surface area contributed by atoms with E-state index in [2.05, 4.69) is 17.1 Å². The Hall–Kier alpha value is -1.29. The highest BCUT2D eigenvalue weighted by Gasteiger charge is 2.13. The number of anilines is 1. The minimum Gasteiger partial charge on any atom is -0.392 e. The Bertz CT molecular complexity index is 444. The Morgan fingerprint density at radius 3 is 2.87 bits per heavy atom. The third-order valence-electron chi connectivity index (χ3n) is 2.58. The van der Waals surface area contributed by atoms with Crippen LogP contribution in [0.25, 0.3) is 0 Å². The van der Waals surface area contributed by atoms with Gasteiger partial charge in [0.15, 0.2) is 5.15 Å². The zero-order valence-corrected chi connectivity index (χ0v) is 8.94. The summed E-state index contributed by atoms with van der Waals surface area (Å²) in [5.74, 6) is 0.477. The van der Waals surface area contributed by atoms with E-state index >= 15 is 0 Å². The summed E-state index contributed by atoms with van der Waals surface area (Å²) in [7, 11) is 0. The van der Waals surface area contributed by atoms with Crippen molar-refractivity contribution < 1.29 is 0 Å². The Labute approximate surface area is 92.4 Å². The van der Waals surface area contributed by atoms with Crippen molar-refractivity contribution >= 4 is 17.3 Å². The van der Waals surface area contributed by atoms with E-state index in [1.807, 2.05) is 0 Å². The summed E-state index contributed by atoms with van der Waals surface area (Å²) in [6, 6.07) is 0. The monoisotopic (exact) mass is 225 g/mol. The fourth-order valence-corrected chi connectivity index (χ4v) is 1.84. The standard InChI is InChI=1S/C10H12ClN3O/c11-9-8(12)10(15)14(6-13-9)5-7-3-1-2-4-7/h1-2,6-7H,3-5,12H2. The minimum atomic E-state index is -0.248. The van der Waals surface area contributed by atoms with Gasteiger partial charge in [-0.05, 0) is 18.8 Å². The molecule has 2 N–H and O–H groups in total. The molecule has 0 saturated carbocycles. The van der Waals surface area contributed by atoms with E-state index in [0.717, 1.165) is 12.8 Å². The SMILES string of the molecule is Nc1c(Cl)ncn(CC2CC=CC2)c1=O. The van der Waals surface area contributed by atoms with Crippen LogP contribution in [0, 0.1) is 5.92 Å². The van der Waals surface area contributed by atoms with Gasteiger partial charge < -0.3 is 5.73 Å². The lowest BCUT2D eigenvalue weighted by atomic mass is 10.1. The molecule has 0 radical (unpaired) electrons. The third-order valence-corrected chi connectivity index (χ3v) is 2.89. The van der Waals surface area contributed by atoms with Gasteiger partial charge in [0, 0.05) is 6.54 Å². The maximum absolute atomic E-state index is 11.7. The van der Waals surface area contributed by atoms with E-state index < -0.39 is 0 Å². The Kier molecular flexibility index (Phi) is 2.77. The molecule has 1 aromatic heterocycles. The van der Waals surface area contributed by atoms with E-state index in [9.17, 15) is 4.79 Å². The van der Waals surface area contributed by atoms with Crippen LogP contribution in [-0.4, -0.2) is 9.55 Å². The molecule has 0 atom stereocenters. The zero-order chi connectivity index (χ0) is 10.8. The van der Waals surface area contributed by atoms with Crippen molar-refractivity contribution in [2.75, 3.05) is 5.73 Å². The van der Waals surface area contributed by atoms with Gasteiger partial charge >= 0.3 is 0 Å². The van der Waals surface area contributed by atoms with Crippen LogP contribution in [0.4, 0.5) is 5.69 Å². The first-order valence-corrected chi connectivity index (χ1v) is 5.21. The second-order valence-corrected chi connectivity index (χ2v) is 4.07. The molecular formula is C10H12ClN3O. The lowest BCUT2D eigenvalue weighted by molar-refractivity contribution is 0.459. The number of allylic oxidation sites excluding steroid dienone is 2. The van der Waals surface area contributed by atoms with Gasteiger partial charge in [0.2, 0.25) is 0 Å². The van der Waals surface area contributed by atoms with Gasteiger partial charge in [-0.15, -0.1) is 0 Å². The first kappa shape index (κ1) is 10.2. The maximum atomic E-state index is 11.7. The van der Waals surface area contributed by atoms with Crippen LogP contribution < -0.4 is 11.3 Å². The molecule has 0 unspecified atom stereocenters. The fourth-order valence-electron chi connectivity index (χ4n) is 1.72. The molecule has 0 bridgehead atoms. The van der Waals surface area contributed by atoms with Gasteiger partial charge in [0.1, 0.15) is 5.69 Å². The molecule has 5 heteroatoms. The van der Waals surface area contributed by atoms with Crippen LogP contribution >= 0.6 is 11.6 Å². The van der Waals surface area contributed by atoms with E-state index in [1.165, 1.54) is 10.9 Å². The average Bonchev–Trinajstić information content (AvgIpc) is 2.72. The van der Waals surface area contributed by atoms with Crippen molar-refractivity contribution in [3.8, 4) is 0 Å². The number of nitrogens with two attached hydrogens (primary N) is 1. The Balaban J connectivity index is 2.22. The van der Waals surface area contributed by atoms with Gasteiger partial charge in [-0.1, -0.05) is 23.8 Å². The molecule has 0 aliphatic heterocycles. The maximum Gasteiger partial charge on any atom is 0.278 e. The molecule has 0 fully saturated rings. The van der Waals surface area contributed by atoms with Gasteiger partial charge in [0.05, 0.1) is 6.33 Å². The van der Waals surface area contributed by atoms with Crippen molar-refractivity contribution in [1.82, 2.24) is 9.55 Å². The predicted octanol–water partition coefficient (Wildman–Crippen LogP) is 1.45. The largest absolute Gasteiger partial charge is 0.392 e. The van der Waals surface area contributed by atoms with E-state index in [-0.39, 0.29) is 16.4 Å². The van der Waals surface area contributed by atoms with Crippen LogP contribution in [-0.2, 0) is 6.54 Å². The minimum absolute atomic E-state index is 0.0325. The van der Waals surface area contributed by atoms with Crippen molar-refractivity contribution in [3.05, 3.63) is 34.0 Å². The quantitative estimate of drug-likeness (QED) is 0.612. The molecule has 1 aromatic rings. The number of rotatable bonds is 2. The summed E-state index contributed by atoms with van der Waals surface area (Å²) in [4.78, 5) is 15.5. The molecule has 0 amide bonds. The second kappa shape index (κ2) is 4.06. The van der Waals surface area contributed by atoms with Gasteiger partial charge in [-0.2, -0.15) is 0 Å². The number of hydrogen-bond acceptors (Lipinski definition) is 3.